The van der Waals surface area contributed by atoms with Crippen molar-refractivity contribution in [2.24, 2.45) is 0 Å². The van der Waals surface area contributed by atoms with Crippen LogP contribution in [0.3, 0.4) is 0 Å². The molecule has 0 fully saturated rings. The Morgan fingerprint density at radius 3 is 2.47 bits per heavy atom. The van der Waals surface area contributed by atoms with Crippen molar-refractivity contribution in [2.45, 2.75) is 19.1 Å². The number of likely N-dealkylation sites (N-methyl/N-ethyl adjacent to an activating group) is 1. The molecule has 0 radical (unpaired) electrons. The lowest BCUT2D eigenvalue weighted by atomic mass is 10.1. The Morgan fingerprint density at radius 2 is 1.88 bits per heavy atom. The van der Waals surface area contributed by atoms with Gasteiger partial charge in [0.15, 0.2) is 11.5 Å². The van der Waals surface area contributed by atoms with Crippen molar-refractivity contribution >= 4 is 5.91 Å². The van der Waals surface area contributed by atoms with Crippen molar-refractivity contribution < 1.29 is 19.1 Å². The van der Waals surface area contributed by atoms with Crippen LogP contribution in [0, 0.1) is 0 Å². The average Bonchev–Trinajstić information content (AvgIpc) is 2.36. The summed E-state index contributed by atoms with van der Waals surface area (Å²) in [6, 6.07) is 7.28. The van der Waals surface area contributed by atoms with E-state index >= 15 is 0 Å². The first-order chi connectivity index (χ1) is 8.13. The molecule has 0 aliphatic carbocycles. The molecule has 5 nitrogen and oxygen atoms in total. The van der Waals surface area contributed by atoms with E-state index < -0.39 is 6.10 Å². The summed E-state index contributed by atoms with van der Waals surface area (Å²) < 4.78 is 11.3. The smallest absolute Gasteiger partial charge is 0.290 e. The fourth-order valence-electron chi connectivity index (χ4n) is 1.66. The highest BCUT2D eigenvalue weighted by atomic mass is 16.7. The van der Waals surface area contributed by atoms with Gasteiger partial charge in [0.2, 0.25) is 6.10 Å². The lowest BCUT2D eigenvalue weighted by Gasteiger charge is -2.32. The molecule has 0 saturated carbocycles. The molecule has 1 aliphatic heterocycles. The van der Waals surface area contributed by atoms with Crippen LogP contribution in [-0.4, -0.2) is 37.3 Å². The van der Waals surface area contributed by atoms with E-state index in [0.717, 1.165) is 5.06 Å². The summed E-state index contributed by atoms with van der Waals surface area (Å²) in [5, 5.41) is 1.14. The van der Waals surface area contributed by atoms with Gasteiger partial charge in [0.1, 0.15) is 6.10 Å². The average molecular weight is 237 g/mol. The van der Waals surface area contributed by atoms with E-state index in [0.29, 0.717) is 11.5 Å². The van der Waals surface area contributed by atoms with Crippen molar-refractivity contribution in [1.29, 1.82) is 0 Å². The van der Waals surface area contributed by atoms with E-state index in [1.165, 1.54) is 7.11 Å². The van der Waals surface area contributed by atoms with Crippen LogP contribution in [0.4, 0.5) is 0 Å². The van der Waals surface area contributed by atoms with Gasteiger partial charge in [0.25, 0.3) is 5.91 Å². The Balaban J connectivity index is 2.20. The number of rotatable bonds is 2. The van der Waals surface area contributed by atoms with E-state index in [2.05, 4.69) is 0 Å². The number of hydrogen-bond donors (Lipinski definition) is 0. The number of benzene rings is 1. The molecule has 0 N–H and O–H groups in total. The fraction of sp³-hybridized carbons (Fsp3) is 0.417. The predicted molar refractivity (Wildman–Crippen MR) is 60.7 cm³/mol. The topological polar surface area (TPSA) is 48.0 Å². The van der Waals surface area contributed by atoms with Crippen LogP contribution in [0.1, 0.15) is 6.92 Å². The minimum absolute atomic E-state index is 0.269. The number of hydroxylamine groups is 2. The van der Waals surface area contributed by atoms with Crippen molar-refractivity contribution in [1.82, 2.24) is 5.06 Å². The minimum Gasteiger partial charge on any atom is -0.482 e. The fourth-order valence-corrected chi connectivity index (χ4v) is 1.66. The summed E-state index contributed by atoms with van der Waals surface area (Å²) >= 11 is 0. The van der Waals surface area contributed by atoms with Crippen molar-refractivity contribution in [3.05, 3.63) is 24.3 Å². The molecular weight excluding hydrogens is 222 g/mol. The van der Waals surface area contributed by atoms with Crippen molar-refractivity contribution in [2.75, 3.05) is 14.2 Å². The van der Waals surface area contributed by atoms with Gasteiger partial charge in [-0.05, 0) is 19.1 Å². The van der Waals surface area contributed by atoms with Crippen LogP contribution < -0.4 is 9.47 Å². The second kappa shape index (κ2) is 4.63. The van der Waals surface area contributed by atoms with E-state index in [9.17, 15) is 4.79 Å². The first-order valence-electron chi connectivity index (χ1n) is 5.37. The summed E-state index contributed by atoms with van der Waals surface area (Å²) in [4.78, 5) is 16.8. The first-order valence-corrected chi connectivity index (χ1v) is 5.37. The molecule has 0 bridgehead atoms. The molecule has 1 aromatic carbocycles. The second-order valence-electron chi connectivity index (χ2n) is 3.83. The monoisotopic (exact) mass is 237 g/mol. The van der Waals surface area contributed by atoms with Crippen LogP contribution in [0.15, 0.2) is 24.3 Å². The SMILES string of the molecule is CON(C)C(=O)[C@@H]1Oc2ccccc2O[C@@H]1C. The summed E-state index contributed by atoms with van der Waals surface area (Å²) in [7, 11) is 2.97. The molecule has 0 aromatic heterocycles. The third-order valence-electron chi connectivity index (χ3n) is 2.67. The van der Waals surface area contributed by atoms with Gasteiger partial charge in [-0.25, -0.2) is 5.06 Å². The largest absolute Gasteiger partial charge is 0.482 e. The normalized spacial score (nSPS) is 22.1. The third-order valence-corrected chi connectivity index (χ3v) is 2.67. The number of carbonyl (C=O) groups excluding carboxylic acids is 1. The molecule has 0 unspecified atom stereocenters. The molecular formula is C12H15NO4. The lowest BCUT2D eigenvalue weighted by Crippen LogP contribution is -2.49. The van der Waals surface area contributed by atoms with Gasteiger partial charge < -0.3 is 9.47 Å². The number of carbonyl (C=O) groups is 1. The molecule has 1 amide bonds. The van der Waals surface area contributed by atoms with E-state index in [-0.39, 0.29) is 12.0 Å². The maximum Gasteiger partial charge on any atom is 0.290 e. The molecule has 5 heteroatoms. The number of ether oxygens (including phenoxy) is 2. The summed E-state index contributed by atoms with van der Waals surface area (Å²) in [6.45, 7) is 1.79. The molecule has 1 aromatic rings. The number of nitrogens with zero attached hydrogens (tertiary/aromatic N) is 1. The lowest BCUT2D eigenvalue weighted by molar-refractivity contribution is -0.181. The number of hydrogen-bond acceptors (Lipinski definition) is 4. The minimum atomic E-state index is -0.685. The van der Waals surface area contributed by atoms with Crippen LogP contribution in [0.5, 0.6) is 11.5 Å². The van der Waals surface area contributed by atoms with Crippen molar-refractivity contribution in [3.63, 3.8) is 0 Å². The zero-order valence-corrected chi connectivity index (χ0v) is 10.0. The maximum absolute atomic E-state index is 11.9. The van der Waals surface area contributed by atoms with Gasteiger partial charge in [-0.3, -0.25) is 9.63 Å². The van der Waals surface area contributed by atoms with Gasteiger partial charge in [-0.15, -0.1) is 0 Å². The van der Waals surface area contributed by atoms with Crippen LogP contribution >= 0.6 is 0 Å². The molecule has 0 saturated heterocycles. The van der Waals surface area contributed by atoms with Gasteiger partial charge in [-0.2, -0.15) is 0 Å². The number of para-hydroxylation sites is 2. The summed E-state index contributed by atoms with van der Waals surface area (Å²) in [5.41, 5.74) is 0. The summed E-state index contributed by atoms with van der Waals surface area (Å²) in [6.07, 6.45) is -1.04. The Hall–Kier alpha value is -1.75. The van der Waals surface area contributed by atoms with Crippen LogP contribution in [0.2, 0.25) is 0 Å². The van der Waals surface area contributed by atoms with Gasteiger partial charge in [0.05, 0.1) is 7.11 Å². The molecule has 92 valence electrons. The molecule has 2 rings (SSSR count). The molecule has 1 heterocycles. The number of fused-ring (bicyclic) bond motifs is 1. The van der Waals surface area contributed by atoms with Crippen LogP contribution in [0.25, 0.3) is 0 Å². The number of amides is 1. The van der Waals surface area contributed by atoms with E-state index in [1.807, 2.05) is 18.2 Å². The quantitative estimate of drug-likeness (QED) is 0.726. The standard InChI is InChI=1S/C12H15NO4/c1-8-11(12(14)13(2)15-3)17-10-7-5-4-6-9(10)16-8/h4-8,11H,1-3H3/t8-,11-/m1/s1. The Bertz CT molecular complexity index is 421. The second-order valence-corrected chi connectivity index (χ2v) is 3.83. The Morgan fingerprint density at radius 1 is 1.29 bits per heavy atom. The highest BCUT2D eigenvalue weighted by molar-refractivity contribution is 5.81. The maximum atomic E-state index is 11.9. The highest BCUT2D eigenvalue weighted by Gasteiger charge is 2.36. The zero-order valence-electron chi connectivity index (χ0n) is 10.0. The van der Waals surface area contributed by atoms with Gasteiger partial charge in [0, 0.05) is 7.05 Å². The van der Waals surface area contributed by atoms with Crippen LogP contribution in [-0.2, 0) is 9.63 Å². The van der Waals surface area contributed by atoms with Crippen molar-refractivity contribution in [3.8, 4) is 11.5 Å². The highest BCUT2D eigenvalue weighted by Crippen LogP contribution is 2.33. The van der Waals surface area contributed by atoms with E-state index in [1.54, 1.807) is 20.0 Å². The molecule has 0 spiro atoms. The Labute approximate surface area is 99.8 Å². The molecule has 2 atom stereocenters. The molecule has 1 aliphatic rings. The Kier molecular flexibility index (Phi) is 3.19. The zero-order chi connectivity index (χ0) is 12.4. The third kappa shape index (κ3) is 2.19. The molecule has 17 heavy (non-hydrogen) atoms. The van der Waals surface area contributed by atoms with Gasteiger partial charge >= 0.3 is 0 Å². The van der Waals surface area contributed by atoms with Gasteiger partial charge in [-0.1, -0.05) is 12.1 Å². The van der Waals surface area contributed by atoms with E-state index in [4.69, 9.17) is 14.3 Å². The summed E-state index contributed by atoms with van der Waals surface area (Å²) in [5.74, 6) is 0.965. The predicted octanol–water partition coefficient (Wildman–Crippen LogP) is 1.23. The first kappa shape index (κ1) is 11.7.